The fourth-order valence-corrected chi connectivity index (χ4v) is 2.91. The van der Waals surface area contributed by atoms with Crippen LogP contribution in [0.5, 0.6) is 0 Å². The van der Waals surface area contributed by atoms with Crippen LogP contribution >= 0.6 is 0 Å². The maximum Gasteiger partial charge on any atom is 0.125 e. The molecule has 0 saturated carbocycles. The van der Waals surface area contributed by atoms with E-state index in [0.29, 0.717) is 6.04 Å². The fraction of sp³-hybridized carbons (Fsp3) is 0.467. The van der Waals surface area contributed by atoms with Gasteiger partial charge in [0.2, 0.25) is 0 Å². The Morgan fingerprint density at radius 1 is 1.35 bits per heavy atom. The van der Waals surface area contributed by atoms with Gasteiger partial charge in [0.15, 0.2) is 0 Å². The minimum absolute atomic E-state index is 0.474. The molecule has 3 rings (SSSR count). The Labute approximate surface area is 119 Å². The predicted octanol–water partition coefficient (Wildman–Crippen LogP) is 2.19. The summed E-state index contributed by atoms with van der Waals surface area (Å²) in [7, 11) is 3.96. The Morgan fingerprint density at radius 3 is 3.00 bits per heavy atom. The maximum absolute atomic E-state index is 4.44. The first kappa shape index (κ1) is 13.1. The van der Waals surface area contributed by atoms with Gasteiger partial charge in [0.25, 0.3) is 0 Å². The van der Waals surface area contributed by atoms with Crippen molar-refractivity contribution in [3.8, 4) is 0 Å². The van der Waals surface area contributed by atoms with E-state index in [4.69, 9.17) is 0 Å². The molecule has 3 heterocycles. The molecule has 0 amide bonds. The lowest BCUT2D eigenvalue weighted by atomic mass is 10.1. The van der Waals surface area contributed by atoms with Crippen LogP contribution in [0.4, 0.5) is 5.82 Å². The zero-order chi connectivity index (χ0) is 13.9. The number of nitrogens with zero attached hydrogens (tertiary/aromatic N) is 4. The molecule has 0 bridgehead atoms. The third-order valence-corrected chi connectivity index (χ3v) is 4.05. The minimum Gasteiger partial charge on any atom is -0.373 e. The molecule has 1 atom stereocenters. The average molecular weight is 271 g/mol. The molecule has 0 radical (unpaired) electrons. The van der Waals surface area contributed by atoms with Crippen LogP contribution in [0.2, 0.25) is 0 Å². The highest BCUT2D eigenvalue weighted by atomic mass is 15.2. The molecule has 2 aromatic rings. The highest BCUT2D eigenvalue weighted by Gasteiger charge is 2.27. The van der Waals surface area contributed by atoms with Gasteiger partial charge in [-0.2, -0.15) is 0 Å². The molecule has 106 valence electrons. The molecule has 1 N–H and O–H groups in total. The predicted molar refractivity (Wildman–Crippen MR) is 79.4 cm³/mol. The van der Waals surface area contributed by atoms with Crippen molar-refractivity contribution in [3.63, 3.8) is 0 Å². The zero-order valence-corrected chi connectivity index (χ0v) is 12.1. The molecule has 1 fully saturated rings. The molecule has 1 aliphatic heterocycles. The summed E-state index contributed by atoms with van der Waals surface area (Å²) in [5, 5.41) is 3.11. The smallest absolute Gasteiger partial charge is 0.125 e. The number of pyridine rings is 1. The summed E-state index contributed by atoms with van der Waals surface area (Å²) in [5.41, 5.74) is 1.34. The van der Waals surface area contributed by atoms with E-state index < -0.39 is 0 Å². The van der Waals surface area contributed by atoms with Crippen molar-refractivity contribution in [2.75, 3.05) is 18.9 Å². The summed E-state index contributed by atoms with van der Waals surface area (Å²) in [4.78, 5) is 11.2. The molecule has 20 heavy (non-hydrogen) atoms. The molecular formula is C15H21N5. The first-order valence-corrected chi connectivity index (χ1v) is 7.12. The van der Waals surface area contributed by atoms with Gasteiger partial charge in [-0.3, -0.25) is 4.90 Å². The number of aromatic nitrogens is 3. The van der Waals surface area contributed by atoms with Gasteiger partial charge in [-0.15, -0.1) is 0 Å². The van der Waals surface area contributed by atoms with Crippen molar-refractivity contribution in [2.24, 2.45) is 7.05 Å². The van der Waals surface area contributed by atoms with E-state index in [0.717, 1.165) is 24.7 Å². The molecule has 0 aromatic carbocycles. The molecule has 0 aliphatic carbocycles. The highest BCUT2D eigenvalue weighted by Crippen LogP contribution is 2.33. The van der Waals surface area contributed by atoms with Crippen molar-refractivity contribution in [1.29, 1.82) is 0 Å². The number of hydrogen-bond acceptors (Lipinski definition) is 4. The first-order valence-electron chi connectivity index (χ1n) is 7.12. The second-order valence-corrected chi connectivity index (χ2v) is 5.31. The standard InChI is InChI=1S/C15H21N5/c1-16-14-10-12(5-6-17-14)13-4-3-8-20(13)11-15-18-7-9-19(15)2/h5-7,9-10,13H,3-4,8,11H2,1-2H3,(H,16,17)/t13-/m0/s1. The Bertz CT molecular complexity index is 577. The quantitative estimate of drug-likeness (QED) is 0.926. The topological polar surface area (TPSA) is 46.0 Å². The lowest BCUT2D eigenvalue weighted by molar-refractivity contribution is 0.240. The number of rotatable bonds is 4. The lowest BCUT2D eigenvalue weighted by Gasteiger charge is -2.24. The molecule has 2 aromatic heterocycles. The third-order valence-electron chi connectivity index (χ3n) is 4.05. The van der Waals surface area contributed by atoms with E-state index in [1.54, 1.807) is 0 Å². The van der Waals surface area contributed by atoms with E-state index in [1.165, 1.54) is 18.4 Å². The molecule has 5 heteroatoms. The molecule has 1 saturated heterocycles. The van der Waals surface area contributed by atoms with Crippen LogP contribution < -0.4 is 5.32 Å². The van der Waals surface area contributed by atoms with Crippen molar-refractivity contribution in [2.45, 2.75) is 25.4 Å². The van der Waals surface area contributed by atoms with Gasteiger partial charge in [0.1, 0.15) is 11.6 Å². The van der Waals surface area contributed by atoms with E-state index in [-0.39, 0.29) is 0 Å². The monoisotopic (exact) mass is 271 g/mol. The lowest BCUT2D eigenvalue weighted by Crippen LogP contribution is -2.24. The Hall–Kier alpha value is -1.88. The molecule has 5 nitrogen and oxygen atoms in total. The van der Waals surface area contributed by atoms with E-state index in [1.807, 2.05) is 25.6 Å². The van der Waals surface area contributed by atoms with Gasteiger partial charge in [0, 0.05) is 38.7 Å². The van der Waals surface area contributed by atoms with Gasteiger partial charge in [-0.05, 0) is 37.1 Å². The summed E-state index contributed by atoms with van der Waals surface area (Å²) in [6, 6.07) is 4.76. The zero-order valence-electron chi connectivity index (χ0n) is 12.1. The molecule has 0 unspecified atom stereocenters. The van der Waals surface area contributed by atoms with Crippen molar-refractivity contribution >= 4 is 5.82 Å². The van der Waals surface area contributed by atoms with Crippen LogP contribution in [0.15, 0.2) is 30.7 Å². The van der Waals surface area contributed by atoms with Crippen molar-refractivity contribution in [3.05, 3.63) is 42.1 Å². The highest BCUT2D eigenvalue weighted by molar-refractivity contribution is 5.38. The Kier molecular flexibility index (Phi) is 3.69. The van der Waals surface area contributed by atoms with Crippen LogP contribution in [-0.4, -0.2) is 33.0 Å². The van der Waals surface area contributed by atoms with Crippen LogP contribution in [0.1, 0.15) is 30.3 Å². The Balaban J connectivity index is 1.79. The second-order valence-electron chi connectivity index (χ2n) is 5.31. The largest absolute Gasteiger partial charge is 0.373 e. The summed E-state index contributed by atoms with van der Waals surface area (Å²) >= 11 is 0. The van der Waals surface area contributed by atoms with Gasteiger partial charge in [0.05, 0.1) is 6.54 Å². The van der Waals surface area contributed by atoms with Crippen LogP contribution in [0.3, 0.4) is 0 Å². The summed E-state index contributed by atoms with van der Waals surface area (Å²) < 4.78 is 2.10. The van der Waals surface area contributed by atoms with Gasteiger partial charge in [-0.25, -0.2) is 9.97 Å². The maximum atomic E-state index is 4.44. The molecule has 1 aliphatic rings. The Morgan fingerprint density at radius 2 is 2.25 bits per heavy atom. The number of hydrogen-bond donors (Lipinski definition) is 1. The number of nitrogens with one attached hydrogen (secondary N) is 1. The average Bonchev–Trinajstić information content (AvgIpc) is 3.09. The number of anilines is 1. The van der Waals surface area contributed by atoms with Crippen LogP contribution in [-0.2, 0) is 13.6 Å². The minimum atomic E-state index is 0.474. The fourth-order valence-electron chi connectivity index (χ4n) is 2.91. The van der Waals surface area contributed by atoms with Crippen LogP contribution in [0, 0.1) is 0 Å². The third kappa shape index (κ3) is 2.54. The van der Waals surface area contributed by atoms with Gasteiger partial charge in [-0.1, -0.05) is 0 Å². The molecule has 0 spiro atoms. The van der Waals surface area contributed by atoms with E-state index in [2.05, 4.69) is 43.9 Å². The van der Waals surface area contributed by atoms with Crippen molar-refractivity contribution < 1.29 is 0 Å². The van der Waals surface area contributed by atoms with Crippen molar-refractivity contribution in [1.82, 2.24) is 19.4 Å². The SMILES string of the molecule is CNc1cc([C@@H]2CCCN2Cc2nccn2C)ccn1. The van der Waals surface area contributed by atoms with Gasteiger partial charge >= 0.3 is 0 Å². The van der Waals surface area contributed by atoms with Gasteiger partial charge < -0.3 is 9.88 Å². The number of imidazole rings is 1. The molecular weight excluding hydrogens is 250 g/mol. The second kappa shape index (κ2) is 5.63. The van der Waals surface area contributed by atoms with E-state index >= 15 is 0 Å². The normalized spacial score (nSPS) is 19.4. The summed E-state index contributed by atoms with van der Waals surface area (Å²) in [6.45, 7) is 2.04. The number of aryl methyl sites for hydroxylation is 1. The summed E-state index contributed by atoms with van der Waals surface area (Å²) in [5.74, 6) is 2.06. The number of likely N-dealkylation sites (tertiary alicyclic amines) is 1. The van der Waals surface area contributed by atoms with E-state index in [9.17, 15) is 0 Å². The van der Waals surface area contributed by atoms with Crippen LogP contribution in [0.25, 0.3) is 0 Å². The summed E-state index contributed by atoms with van der Waals surface area (Å²) in [6.07, 6.45) is 8.21. The first-order chi connectivity index (χ1) is 9.78.